The van der Waals surface area contributed by atoms with Crippen LogP contribution in [0.5, 0.6) is 0 Å². The predicted octanol–water partition coefficient (Wildman–Crippen LogP) is 4.06. The summed E-state index contributed by atoms with van der Waals surface area (Å²) in [4.78, 5) is 26.7. The fourth-order valence-electron chi connectivity index (χ4n) is 1.15. The minimum atomic E-state index is -1.74. The highest BCUT2D eigenvalue weighted by Gasteiger charge is 2.27. The molecule has 0 saturated carbocycles. The molecule has 0 atom stereocenters. The van der Waals surface area contributed by atoms with E-state index in [1.165, 1.54) is 0 Å². The number of amides is 1. The van der Waals surface area contributed by atoms with Gasteiger partial charge in [-0.25, -0.2) is 14.6 Å². The number of carbonyl (C=O) groups is 2. The molecule has 21 heavy (non-hydrogen) atoms. The molecule has 118 valence electrons. The Morgan fingerprint density at radius 3 is 2.33 bits per heavy atom. The lowest BCUT2D eigenvalue weighted by Crippen LogP contribution is -2.21. The first-order valence-corrected chi connectivity index (χ1v) is 7.60. The van der Waals surface area contributed by atoms with Crippen LogP contribution < -0.4 is 5.32 Å². The van der Waals surface area contributed by atoms with Crippen molar-refractivity contribution in [3.63, 3.8) is 0 Å². The van der Waals surface area contributed by atoms with Crippen LogP contribution in [-0.2, 0) is 10.2 Å². The third-order valence-corrected chi connectivity index (χ3v) is 3.78. The van der Waals surface area contributed by atoms with Gasteiger partial charge in [-0.1, -0.05) is 66.9 Å². The normalized spacial score (nSPS) is 12.1. The van der Waals surface area contributed by atoms with Crippen LogP contribution in [0.25, 0.3) is 0 Å². The second-order valence-electron chi connectivity index (χ2n) is 5.07. The maximum atomic E-state index is 11.6. The van der Waals surface area contributed by atoms with E-state index in [9.17, 15) is 9.59 Å². The van der Waals surface area contributed by atoms with Crippen LogP contribution in [0.2, 0.25) is 0 Å². The molecule has 1 rings (SSSR count). The van der Waals surface area contributed by atoms with Crippen molar-refractivity contribution in [1.29, 1.82) is 0 Å². The Labute approximate surface area is 140 Å². The van der Waals surface area contributed by atoms with Crippen LogP contribution >= 0.6 is 46.1 Å². The van der Waals surface area contributed by atoms with E-state index < -0.39 is 22.5 Å². The van der Waals surface area contributed by atoms with E-state index in [0.717, 1.165) is 11.3 Å². The second-order valence-corrected chi connectivity index (χ2v) is 8.58. The van der Waals surface area contributed by atoms with E-state index in [-0.39, 0.29) is 16.1 Å². The number of carbonyl (C=O) groups excluding carboxylic acids is 1. The topological polar surface area (TPSA) is 88.5 Å². The van der Waals surface area contributed by atoms with E-state index in [1.807, 2.05) is 20.8 Å². The molecule has 0 bridgehead atoms. The Kier molecular flexibility index (Phi) is 5.71. The first kappa shape index (κ1) is 18.3. The average Bonchev–Trinajstić information content (AvgIpc) is 2.69. The summed E-state index contributed by atoms with van der Waals surface area (Å²) in [7, 11) is 0. The first-order valence-electron chi connectivity index (χ1n) is 5.65. The smallest absolute Gasteiger partial charge is 0.412 e. The molecular formula is C11H13Cl3N2O4S. The predicted molar refractivity (Wildman–Crippen MR) is 83.0 cm³/mol. The van der Waals surface area contributed by atoms with Crippen molar-refractivity contribution < 1.29 is 19.4 Å². The molecule has 1 heterocycles. The molecule has 2 N–H and O–H groups in total. The number of ether oxygens (including phenoxy) is 1. The van der Waals surface area contributed by atoms with Gasteiger partial charge in [-0.2, -0.15) is 0 Å². The lowest BCUT2D eigenvalue weighted by Gasteiger charge is -2.13. The molecule has 6 nitrogen and oxygen atoms in total. The van der Waals surface area contributed by atoms with Crippen LogP contribution in [0.3, 0.4) is 0 Å². The summed E-state index contributed by atoms with van der Waals surface area (Å²) in [5.74, 6) is -1.25. The summed E-state index contributed by atoms with van der Waals surface area (Å²) in [5.41, 5.74) is -0.605. The summed E-state index contributed by atoms with van der Waals surface area (Å²) in [6, 6.07) is 0. The number of carboxylic acid groups (broad SMARTS) is 1. The average molecular weight is 376 g/mol. The number of anilines is 1. The molecule has 0 aliphatic rings. The van der Waals surface area contributed by atoms with Gasteiger partial charge in [-0.3, -0.25) is 5.32 Å². The fourth-order valence-corrected chi connectivity index (χ4v) is 2.31. The molecule has 0 saturated heterocycles. The van der Waals surface area contributed by atoms with Gasteiger partial charge in [0.25, 0.3) is 0 Å². The molecule has 1 aromatic heterocycles. The summed E-state index contributed by atoms with van der Waals surface area (Å²) in [5, 5.41) is 12.0. The highest BCUT2D eigenvalue weighted by molar-refractivity contribution is 7.16. The Hall–Kier alpha value is -0.760. The summed E-state index contributed by atoms with van der Waals surface area (Å²) >= 11 is 17.4. The van der Waals surface area contributed by atoms with Gasteiger partial charge in [0, 0.05) is 5.41 Å². The molecule has 0 radical (unpaired) electrons. The highest BCUT2D eigenvalue weighted by Crippen LogP contribution is 2.33. The van der Waals surface area contributed by atoms with Crippen LogP contribution in [-0.4, -0.2) is 32.6 Å². The molecular weight excluding hydrogens is 363 g/mol. The lowest BCUT2D eigenvalue weighted by molar-refractivity contribution is 0.0692. The highest BCUT2D eigenvalue weighted by atomic mass is 35.6. The maximum absolute atomic E-state index is 11.6. The van der Waals surface area contributed by atoms with Crippen molar-refractivity contribution >= 4 is 63.2 Å². The maximum Gasteiger partial charge on any atom is 0.412 e. The van der Waals surface area contributed by atoms with E-state index in [1.54, 1.807) is 0 Å². The van der Waals surface area contributed by atoms with E-state index >= 15 is 0 Å². The Bertz CT molecular complexity index is 549. The Morgan fingerprint density at radius 1 is 1.33 bits per heavy atom. The number of halogens is 3. The first-order chi connectivity index (χ1) is 9.40. The molecule has 10 heteroatoms. The number of rotatable bonds is 3. The number of nitrogens with zero attached hydrogens (tertiary/aromatic N) is 1. The van der Waals surface area contributed by atoms with Gasteiger partial charge in [0.2, 0.25) is 3.79 Å². The van der Waals surface area contributed by atoms with E-state index in [4.69, 9.17) is 39.9 Å². The number of nitrogens with one attached hydrogen (secondary N) is 1. The minimum Gasteiger partial charge on any atom is -0.476 e. The van der Waals surface area contributed by atoms with Gasteiger partial charge in [0.15, 0.2) is 5.69 Å². The quantitative estimate of drug-likeness (QED) is 0.778. The van der Waals surface area contributed by atoms with Gasteiger partial charge >= 0.3 is 12.1 Å². The number of hydrogen-bond donors (Lipinski definition) is 2. The van der Waals surface area contributed by atoms with Crippen molar-refractivity contribution in [3.05, 3.63) is 10.7 Å². The molecule has 0 aliphatic heterocycles. The number of thiazole rings is 1. The number of aromatic nitrogens is 1. The van der Waals surface area contributed by atoms with Crippen LogP contribution in [0.1, 0.15) is 36.3 Å². The molecule has 1 amide bonds. The standard InChI is InChI=1S/C11H13Cl3N2O4S/c1-10(2,3)8-15-5(7(17)18)6(21-8)16-9(19)20-4-11(12,13)14/h4H2,1-3H3,(H,16,19)(H,17,18). The van der Waals surface area contributed by atoms with Crippen molar-refractivity contribution in [1.82, 2.24) is 4.98 Å². The van der Waals surface area contributed by atoms with Gasteiger partial charge in [0.1, 0.15) is 16.6 Å². The number of alkyl halides is 3. The third-order valence-electron chi connectivity index (χ3n) is 2.05. The second kappa shape index (κ2) is 6.56. The lowest BCUT2D eigenvalue weighted by atomic mass is 9.98. The van der Waals surface area contributed by atoms with Gasteiger partial charge in [-0.15, -0.1) is 0 Å². The molecule has 0 unspecified atom stereocenters. The van der Waals surface area contributed by atoms with Crippen LogP contribution in [0, 0.1) is 0 Å². The summed E-state index contributed by atoms with van der Waals surface area (Å²) in [6.07, 6.45) is -0.923. The SMILES string of the molecule is CC(C)(C)c1nc(C(=O)O)c(NC(=O)OCC(Cl)(Cl)Cl)s1. The summed E-state index contributed by atoms with van der Waals surface area (Å²) in [6.45, 7) is 5.17. The largest absolute Gasteiger partial charge is 0.476 e. The van der Waals surface area contributed by atoms with Crippen LogP contribution in [0.4, 0.5) is 9.80 Å². The van der Waals surface area contributed by atoms with Gasteiger partial charge in [0.05, 0.1) is 0 Å². The zero-order valence-corrected chi connectivity index (χ0v) is 14.5. The number of hydrogen-bond acceptors (Lipinski definition) is 5. The monoisotopic (exact) mass is 374 g/mol. The minimum absolute atomic E-state index is 0.0711. The molecule has 0 aromatic carbocycles. The molecule has 0 fully saturated rings. The zero-order chi connectivity index (χ0) is 16.4. The number of carboxylic acids is 1. The van der Waals surface area contributed by atoms with E-state index in [2.05, 4.69) is 15.0 Å². The molecule has 0 aliphatic carbocycles. The van der Waals surface area contributed by atoms with Crippen molar-refractivity contribution in [2.45, 2.75) is 30.0 Å². The number of aromatic carboxylic acids is 1. The Balaban J connectivity index is 2.89. The van der Waals surface area contributed by atoms with Gasteiger partial charge in [-0.05, 0) is 0 Å². The molecule has 0 spiro atoms. The van der Waals surface area contributed by atoms with E-state index in [0.29, 0.717) is 5.01 Å². The van der Waals surface area contributed by atoms with Gasteiger partial charge < -0.3 is 9.84 Å². The Morgan fingerprint density at radius 2 is 1.90 bits per heavy atom. The van der Waals surface area contributed by atoms with Crippen molar-refractivity contribution in [2.24, 2.45) is 0 Å². The summed E-state index contributed by atoms with van der Waals surface area (Å²) < 4.78 is 2.94. The molecule has 1 aromatic rings. The third kappa shape index (κ3) is 5.86. The fraction of sp³-hybridized carbons (Fsp3) is 0.545. The zero-order valence-electron chi connectivity index (χ0n) is 11.4. The van der Waals surface area contributed by atoms with Crippen molar-refractivity contribution in [3.8, 4) is 0 Å². The van der Waals surface area contributed by atoms with Crippen molar-refractivity contribution in [2.75, 3.05) is 11.9 Å². The van der Waals surface area contributed by atoms with Crippen LogP contribution in [0.15, 0.2) is 0 Å².